The van der Waals surface area contributed by atoms with E-state index >= 15 is 0 Å². The van der Waals surface area contributed by atoms with Crippen LogP contribution < -0.4 is 0 Å². The number of aliphatic hydroxyl groups excluding tert-OH is 1. The zero-order chi connectivity index (χ0) is 12.2. The molecule has 90 valence electrons. The molecule has 0 saturated carbocycles. The maximum Gasteiger partial charge on any atom is 0.0647 e. The first kappa shape index (κ1) is 13.9. The van der Waals surface area contributed by atoms with Gasteiger partial charge in [-0.15, -0.1) is 0 Å². The van der Waals surface area contributed by atoms with Crippen molar-refractivity contribution in [3.63, 3.8) is 0 Å². The maximum absolute atomic E-state index is 9.96. The number of aliphatic hydroxyl groups is 1. The molecule has 0 saturated heterocycles. The van der Waals surface area contributed by atoms with Crippen molar-refractivity contribution in [2.24, 2.45) is 0 Å². The van der Waals surface area contributed by atoms with Crippen molar-refractivity contribution in [3.05, 3.63) is 33.4 Å². The highest BCUT2D eigenvalue weighted by Gasteiger charge is 2.21. The van der Waals surface area contributed by atoms with Gasteiger partial charge in [-0.3, -0.25) is 0 Å². The third kappa shape index (κ3) is 4.80. The molecule has 1 aromatic carbocycles. The topological polar surface area (TPSA) is 29.5 Å². The molecule has 1 rings (SSSR count). The minimum atomic E-state index is -0.352. The predicted molar refractivity (Wildman–Crippen MR) is 74.6 cm³/mol. The third-order valence-corrected chi connectivity index (χ3v) is 3.38. The number of benzene rings is 1. The molecule has 16 heavy (non-hydrogen) atoms. The van der Waals surface area contributed by atoms with E-state index in [0.29, 0.717) is 12.8 Å². The molecule has 0 aliphatic rings. The summed E-state index contributed by atoms with van der Waals surface area (Å²) in [6, 6.07) is 8.24. The van der Waals surface area contributed by atoms with Gasteiger partial charge < -0.3 is 9.84 Å². The minimum Gasteiger partial charge on any atom is -0.393 e. The number of halogens is 1. The van der Waals surface area contributed by atoms with Gasteiger partial charge in [0.25, 0.3) is 0 Å². The van der Waals surface area contributed by atoms with Crippen molar-refractivity contribution < 1.29 is 9.84 Å². The summed E-state index contributed by atoms with van der Waals surface area (Å²) in [6.07, 6.45) is 0.981. The molecule has 0 heterocycles. The van der Waals surface area contributed by atoms with Gasteiger partial charge >= 0.3 is 0 Å². The standard InChI is InChI=1S/C13H19IO2/c1-13(2,16-3)9-12(15)8-10-4-6-11(14)7-5-10/h4-7,12,15H,8-9H2,1-3H3. The predicted octanol–water partition coefficient (Wildman–Crippen LogP) is 3.01. The third-order valence-electron chi connectivity index (χ3n) is 2.66. The van der Waals surface area contributed by atoms with Gasteiger partial charge in [-0.2, -0.15) is 0 Å². The summed E-state index contributed by atoms with van der Waals surface area (Å²) < 4.78 is 6.52. The van der Waals surface area contributed by atoms with Crippen molar-refractivity contribution in [2.45, 2.75) is 38.4 Å². The van der Waals surface area contributed by atoms with Gasteiger partial charge in [-0.1, -0.05) is 12.1 Å². The zero-order valence-corrected chi connectivity index (χ0v) is 12.2. The van der Waals surface area contributed by atoms with Gasteiger partial charge in [-0.05, 0) is 60.6 Å². The Bertz CT molecular complexity index is 319. The van der Waals surface area contributed by atoms with Crippen LogP contribution >= 0.6 is 22.6 Å². The molecule has 0 amide bonds. The molecule has 1 atom stereocenters. The lowest BCUT2D eigenvalue weighted by atomic mass is 9.96. The monoisotopic (exact) mass is 334 g/mol. The summed E-state index contributed by atoms with van der Waals surface area (Å²) in [6.45, 7) is 3.98. The smallest absolute Gasteiger partial charge is 0.0647 e. The van der Waals surface area contributed by atoms with E-state index < -0.39 is 0 Å². The van der Waals surface area contributed by atoms with Crippen LogP contribution in [-0.4, -0.2) is 23.9 Å². The van der Waals surface area contributed by atoms with Crippen LogP contribution in [0.3, 0.4) is 0 Å². The Labute approximate surface area is 111 Å². The van der Waals surface area contributed by atoms with E-state index in [1.54, 1.807) is 7.11 Å². The van der Waals surface area contributed by atoms with E-state index in [2.05, 4.69) is 46.9 Å². The highest BCUT2D eigenvalue weighted by atomic mass is 127. The molecule has 1 N–H and O–H groups in total. The van der Waals surface area contributed by atoms with E-state index in [9.17, 15) is 5.11 Å². The molecule has 2 nitrogen and oxygen atoms in total. The van der Waals surface area contributed by atoms with Crippen LogP contribution in [0.15, 0.2) is 24.3 Å². The second kappa shape index (κ2) is 5.98. The molecule has 1 aromatic rings. The number of ether oxygens (including phenoxy) is 1. The quantitative estimate of drug-likeness (QED) is 0.839. The summed E-state index contributed by atoms with van der Waals surface area (Å²) in [5.74, 6) is 0. The number of methoxy groups -OCH3 is 1. The van der Waals surface area contributed by atoms with Gasteiger partial charge in [0, 0.05) is 17.1 Å². The molecular formula is C13H19IO2. The number of hydrogen-bond acceptors (Lipinski definition) is 2. The molecule has 3 heteroatoms. The van der Waals surface area contributed by atoms with Crippen molar-refractivity contribution in [3.8, 4) is 0 Å². The van der Waals surface area contributed by atoms with Gasteiger partial charge in [-0.25, -0.2) is 0 Å². The van der Waals surface area contributed by atoms with E-state index in [1.165, 1.54) is 9.13 Å². The average Bonchev–Trinajstić information content (AvgIpc) is 2.21. The minimum absolute atomic E-state index is 0.261. The van der Waals surface area contributed by atoms with E-state index in [1.807, 2.05) is 13.8 Å². The summed E-state index contributed by atoms with van der Waals surface area (Å²) in [4.78, 5) is 0. The highest BCUT2D eigenvalue weighted by molar-refractivity contribution is 14.1. The van der Waals surface area contributed by atoms with Gasteiger partial charge in [0.2, 0.25) is 0 Å². The first-order valence-electron chi connectivity index (χ1n) is 5.40. The van der Waals surface area contributed by atoms with Crippen LogP contribution in [0.25, 0.3) is 0 Å². The summed E-state index contributed by atoms with van der Waals surface area (Å²) >= 11 is 2.28. The molecule has 0 aromatic heterocycles. The first-order valence-corrected chi connectivity index (χ1v) is 6.48. The summed E-state index contributed by atoms with van der Waals surface area (Å²) in [7, 11) is 1.68. The largest absolute Gasteiger partial charge is 0.393 e. The maximum atomic E-state index is 9.96. The van der Waals surface area contributed by atoms with Crippen molar-refractivity contribution in [2.75, 3.05) is 7.11 Å². The Morgan fingerprint density at radius 3 is 2.38 bits per heavy atom. The SMILES string of the molecule is COC(C)(C)CC(O)Cc1ccc(I)cc1. The van der Waals surface area contributed by atoms with Gasteiger partial charge in [0.15, 0.2) is 0 Å². The lowest BCUT2D eigenvalue weighted by Gasteiger charge is -2.25. The van der Waals surface area contributed by atoms with Crippen LogP contribution in [-0.2, 0) is 11.2 Å². The second-order valence-corrected chi connectivity index (χ2v) is 5.90. The van der Waals surface area contributed by atoms with Crippen LogP contribution in [0.1, 0.15) is 25.8 Å². The van der Waals surface area contributed by atoms with Crippen LogP contribution in [0.2, 0.25) is 0 Å². The Balaban J connectivity index is 2.51. The van der Waals surface area contributed by atoms with Gasteiger partial charge in [0.05, 0.1) is 11.7 Å². The van der Waals surface area contributed by atoms with Crippen LogP contribution in [0.5, 0.6) is 0 Å². The van der Waals surface area contributed by atoms with E-state index in [-0.39, 0.29) is 11.7 Å². The Morgan fingerprint density at radius 1 is 1.31 bits per heavy atom. The number of hydrogen-bond donors (Lipinski definition) is 1. The normalized spacial score (nSPS) is 13.8. The molecule has 0 bridgehead atoms. The average molecular weight is 334 g/mol. The molecule has 0 radical (unpaired) electrons. The van der Waals surface area contributed by atoms with E-state index in [0.717, 1.165) is 0 Å². The molecule has 1 unspecified atom stereocenters. The van der Waals surface area contributed by atoms with E-state index in [4.69, 9.17) is 4.74 Å². The number of rotatable bonds is 5. The van der Waals surface area contributed by atoms with Crippen LogP contribution in [0.4, 0.5) is 0 Å². The lowest BCUT2D eigenvalue weighted by Crippen LogP contribution is -2.29. The highest BCUT2D eigenvalue weighted by Crippen LogP contribution is 2.18. The molecular weight excluding hydrogens is 315 g/mol. The Kier molecular flexibility index (Phi) is 5.21. The van der Waals surface area contributed by atoms with Gasteiger partial charge in [0.1, 0.15) is 0 Å². The molecule has 0 aliphatic heterocycles. The molecule has 0 aliphatic carbocycles. The summed E-state index contributed by atoms with van der Waals surface area (Å²) in [5, 5.41) is 9.96. The fraction of sp³-hybridized carbons (Fsp3) is 0.538. The lowest BCUT2D eigenvalue weighted by molar-refractivity contribution is -0.0190. The zero-order valence-electron chi connectivity index (χ0n) is 10.0. The van der Waals surface area contributed by atoms with Crippen molar-refractivity contribution in [1.82, 2.24) is 0 Å². The Hall–Kier alpha value is -0.130. The summed E-state index contributed by atoms with van der Waals surface area (Å²) in [5.41, 5.74) is 0.905. The van der Waals surface area contributed by atoms with Crippen molar-refractivity contribution >= 4 is 22.6 Å². The Morgan fingerprint density at radius 2 is 1.88 bits per heavy atom. The fourth-order valence-corrected chi connectivity index (χ4v) is 1.98. The van der Waals surface area contributed by atoms with Crippen LogP contribution in [0, 0.1) is 3.57 Å². The molecule has 0 fully saturated rings. The van der Waals surface area contributed by atoms with Crippen molar-refractivity contribution in [1.29, 1.82) is 0 Å². The second-order valence-electron chi connectivity index (χ2n) is 4.65. The first-order chi connectivity index (χ1) is 7.43. The fourth-order valence-electron chi connectivity index (χ4n) is 1.62. The molecule has 0 spiro atoms.